The largest absolute Gasteiger partial charge is 0.389 e. The van der Waals surface area contributed by atoms with Gasteiger partial charge in [-0.1, -0.05) is 28.1 Å². The van der Waals surface area contributed by atoms with Gasteiger partial charge in [0.05, 0.1) is 11.6 Å². The van der Waals surface area contributed by atoms with Gasteiger partial charge in [-0.3, -0.25) is 0 Å². The fourth-order valence-corrected chi connectivity index (χ4v) is 2.05. The number of benzene rings is 1. The molecule has 0 bridgehead atoms. The van der Waals surface area contributed by atoms with Gasteiger partial charge in [0.15, 0.2) is 0 Å². The quantitative estimate of drug-likeness (QED) is 0.830. The van der Waals surface area contributed by atoms with Crippen molar-refractivity contribution in [2.24, 2.45) is 0 Å². The van der Waals surface area contributed by atoms with Crippen LogP contribution in [-0.2, 0) is 0 Å². The van der Waals surface area contributed by atoms with Crippen LogP contribution in [0.25, 0.3) is 0 Å². The van der Waals surface area contributed by atoms with Gasteiger partial charge in [-0.25, -0.2) is 0 Å². The van der Waals surface area contributed by atoms with Gasteiger partial charge in [0.25, 0.3) is 0 Å². The Hall–Kier alpha value is -1.27. The molecular formula is C11H9BrN2. The van der Waals surface area contributed by atoms with Gasteiger partial charge in [0.1, 0.15) is 0 Å². The van der Waals surface area contributed by atoms with Crippen molar-refractivity contribution in [3.05, 3.63) is 46.1 Å². The molecule has 1 aromatic carbocycles. The van der Waals surface area contributed by atoms with Crippen LogP contribution in [0.4, 0.5) is 0 Å². The molecule has 70 valence electrons. The first kappa shape index (κ1) is 9.29. The van der Waals surface area contributed by atoms with Gasteiger partial charge < -0.3 is 5.32 Å². The van der Waals surface area contributed by atoms with E-state index in [1.807, 2.05) is 18.2 Å². The second-order valence-electron chi connectivity index (χ2n) is 3.23. The Kier molecular flexibility index (Phi) is 2.55. The molecule has 0 radical (unpaired) electrons. The lowest BCUT2D eigenvalue weighted by atomic mass is 9.94. The van der Waals surface area contributed by atoms with Crippen molar-refractivity contribution in [1.29, 1.82) is 5.26 Å². The van der Waals surface area contributed by atoms with Crippen molar-refractivity contribution in [3.8, 4) is 6.07 Å². The van der Waals surface area contributed by atoms with E-state index in [-0.39, 0.29) is 5.92 Å². The minimum Gasteiger partial charge on any atom is -0.389 e. The van der Waals surface area contributed by atoms with Crippen molar-refractivity contribution in [2.75, 3.05) is 6.54 Å². The van der Waals surface area contributed by atoms with E-state index in [1.54, 1.807) is 6.20 Å². The van der Waals surface area contributed by atoms with Crippen LogP contribution in [0.1, 0.15) is 11.5 Å². The summed E-state index contributed by atoms with van der Waals surface area (Å²) in [5.41, 5.74) is 1.99. The lowest BCUT2D eigenvalue weighted by Gasteiger charge is -2.09. The normalized spacial score (nSPS) is 19.7. The predicted molar refractivity (Wildman–Crippen MR) is 58.6 cm³/mol. The van der Waals surface area contributed by atoms with Gasteiger partial charge in [-0.15, -0.1) is 0 Å². The molecule has 1 heterocycles. The summed E-state index contributed by atoms with van der Waals surface area (Å²) in [5, 5.41) is 12.0. The van der Waals surface area contributed by atoms with E-state index in [4.69, 9.17) is 5.26 Å². The van der Waals surface area contributed by atoms with Gasteiger partial charge in [0.2, 0.25) is 0 Å². The molecule has 2 rings (SSSR count). The van der Waals surface area contributed by atoms with Crippen molar-refractivity contribution in [2.45, 2.75) is 5.92 Å². The zero-order chi connectivity index (χ0) is 9.97. The Bertz CT molecular complexity index is 418. The summed E-state index contributed by atoms with van der Waals surface area (Å²) in [7, 11) is 0. The molecule has 0 saturated carbocycles. The number of halogens is 1. The molecule has 1 N–H and O–H groups in total. The Morgan fingerprint density at radius 2 is 2.36 bits per heavy atom. The topological polar surface area (TPSA) is 35.8 Å². The zero-order valence-electron chi connectivity index (χ0n) is 7.50. The van der Waals surface area contributed by atoms with E-state index >= 15 is 0 Å². The molecule has 0 saturated heterocycles. The maximum atomic E-state index is 8.90. The molecule has 3 heteroatoms. The fraction of sp³-hybridized carbons (Fsp3) is 0.182. The highest BCUT2D eigenvalue weighted by Gasteiger charge is 2.20. The zero-order valence-corrected chi connectivity index (χ0v) is 9.08. The third-order valence-corrected chi connectivity index (χ3v) is 2.83. The lowest BCUT2D eigenvalue weighted by Crippen LogP contribution is -2.08. The predicted octanol–water partition coefficient (Wildman–Crippen LogP) is 2.54. The number of nitrogens with one attached hydrogen (secondary N) is 1. The van der Waals surface area contributed by atoms with E-state index < -0.39 is 0 Å². The smallest absolute Gasteiger partial charge is 0.0969 e. The molecule has 1 atom stereocenters. The Morgan fingerprint density at radius 3 is 3.07 bits per heavy atom. The summed E-state index contributed by atoms with van der Waals surface area (Å²) in [6.45, 7) is 0.819. The number of nitrogens with zero attached hydrogens (tertiary/aromatic N) is 1. The molecule has 1 aliphatic heterocycles. The minimum atomic E-state index is 0.206. The van der Waals surface area contributed by atoms with Crippen LogP contribution in [-0.4, -0.2) is 6.54 Å². The first-order chi connectivity index (χ1) is 6.81. The Morgan fingerprint density at radius 1 is 1.50 bits per heavy atom. The maximum absolute atomic E-state index is 8.90. The van der Waals surface area contributed by atoms with Crippen LogP contribution in [0.2, 0.25) is 0 Å². The molecule has 14 heavy (non-hydrogen) atoms. The lowest BCUT2D eigenvalue weighted by molar-refractivity contribution is 0.801. The second kappa shape index (κ2) is 3.85. The third-order valence-electron chi connectivity index (χ3n) is 2.34. The highest BCUT2D eigenvalue weighted by atomic mass is 79.9. The molecule has 0 aromatic heterocycles. The summed E-state index contributed by atoms with van der Waals surface area (Å²) in [6, 6.07) is 10.3. The Labute approximate surface area is 91.4 Å². The number of hydrogen-bond donors (Lipinski definition) is 1. The first-order valence-corrected chi connectivity index (χ1v) is 5.19. The number of rotatable bonds is 1. The van der Waals surface area contributed by atoms with E-state index in [9.17, 15) is 0 Å². The van der Waals surface area contributed by atoms with Crippen molar-refractivity contribution in [3.63, 3.8) is 0 Å². The minimum absolute atomic E-state index is 0.206. The molecule has 1 aliphatic rings. The van der Waals surface area contributed by atoms with Gasteiger partial charge in [-0.2, -0.15) is 5.26 Å². The summed E-state index contributed by atoms with van der Waals surface area (Å²) >= 11 is 3.43. The van der Waals surface area contributed by atoms with Crippen molar-refractivity contribution >= 4 is 15.9 Å². The van der Waals surface area contributed by atoms with Crippen LogP contribution in [0.5, 0.6) is 0 Å². The molecule has 0 aliphatic carbocycles. The molecule has 2 nitrogen and oxygen atoms in total. The average Bonchev–Trinajstić information content (AvgIpc) is 2.65. The molecule has 1 unspecified atom stereocenters. The van der Waals surface area contributed by atoms with Gasteiger partial charge in [0, 0.05) is 23.1 Å². The van der Waals surface area contributed by atoms with Crippen molar-refractivity contribution in [1.82, 2.24) is 5.32 Å². The van der Waals surface area contributed by atoms with Gasteiger partial charge >= 0.3 is 0 Å². The van der Waals surface area contributed by atoms with Crippen LogP contribution in [0, 0.1) is 11.3 Å². The average molecular weight is 249 g/mol. The van der Waals surface area contributed by atoms with Crippen LogP contribution in [0.3, 0.4) is 0 Å². The van der Waals surface area contributed by atoms with Crippen LogP contribution < -0.4 is 5.32 Å². The first-order valence-electron chi connectivity index (χ1n) is 4.40. The Balaban J connectivity index is 2.33. The SMILES string of the molecule is N#CC1=CNCC1c1cccc(Br)c1. The van der Waals surface area contributed by atoms with Crippen molar-refractivity contribution < 1.29 is 0 Å². The molecule has 1 aromatic rings. The van der Waals surface area contributed by atoms with Crippen LogP contribution >= 0.6 is 15.9 Å². The van der Waals surface area contributed by atoms with E-state index in [2.05, 4.69) is 33.4 Å². The summed E-state index contributed by atoms with van der Waals surface area (Å²) in [6.07, 6.45) is 1.80. The van der Waals surface area contributed by atoms with Crippen LogP contribution in [0.15, 0.2) is 40.5 Å². The van der Waals surface area contributed by atoms with Gasteiger partial charge in [-0.05, 0) is 17.7 Å². The summed E-state index contributed by atoms with van der Waals surface area (Å²) in [5.74, 6) is 0.206. The molecule has 0 amide bonds. The van der Waals surface area contributed by atoms with E-state index in [0.717, 1.165) is 16.6 Å². The molecular weight excluding hydrogens is 240 g/mol. The standard InChI is InChI=1S/C11H9BrN2/c12-10-3-1-2-8(4-10)11-7-14-6-9(11)5-13/h1-4,6,11,14H,7H2. The second-order valence-corrected chi connectivity index (χ2v) is 4.14. The highest BCUT2D eigenvalue weighted by Crippen LogP contribution is 2.28. The number of hydrogen-bond acceptors (Lipinski definition) is 2. The maximum Gasteiger partial charge on any atom is 0.0969 e. The van der Waals surface area contributed by atoms with E-state index in [0.29, 0.717) is 0 Å². The monoisotopic (exact) mass is 248 g/mol. The molecule has 0 fully saturated rings. The van der Waals surface area contributed by atoms with E-state index in [1.165, 1.54) is 5.56 Å². The molecule has 0 spiro atoms. The summed E-state index contributed by atoms with van der Waals surface area (Å²) < 4.78 is 1.05. The highest BCUT2D eigenvalue weighted by molar-refractivity contribution is 9.10. The summed E-state index contributed by atoms with van der Waals surface area (Å²) in [4.78, 5) is 0. The third kappa shape index (κ3) is 1.66. The fourth-order valence-electron chi connectivity index (χ4n) is 1.63. The number of nitriles is 1.